The first-order chi connectivity index (χ1) is 8.13. The normalized spacial score (nSPS) is 10.1. The molecule has 0 heterocycles. The first kappa shape index (κ1) is 14.0. The summed E-state index contributed by atoms with van der Waals surface area (Å²) in [6.45, 7) is 4.47. The predicted octanol–water partition coefficient (Wildman–Crippen LogP) is 3.48. The maximum absolute atomic E-state index is 11.3. The minimum atomic E-state index is -0.324. The third-order valence-corrected chi connectivity index (χ3v) is 3.12. The fourth-order valence-corrected chi connectivity index (χ4v) is 1.54. The molecule has 0 unspecified atom stereocenters. The lowest BCUT2D eigenvalue weighted by Crippen LogP contribution is -2.15. The van der Waals surface area contributed by atoms with Gasteiger partial charge in [-0.25, -0.2) is 4.79 Å². The number of rotatable bonds is 6. The highest BCUT2D eigenvalue weighted by Gasteiger charge is 2.04. The zero-order valence-electron chi connectivity index (χ0n) is 10.2. The van der Waals surface area contributed by atoms with Crippen LogP contribution in [0.25, 0.3) is 0 Å². The maximum atomic E-state index is 11.3. The third-order valence-electron chi connectivity index (χ3n) is 2.26. The van der Waals surface area contributed by atoms with Crippen molar-refractivity contribution in [2.45, 2.75) is 26.7 Å². The summed E-state index contributed by atoms with van der Waals surface area (Å²) in [5, 5.41) is 0. The fraction of sp³-hybridized carbons (Fsp3) is 0.462. The second-order valence-corrected chi connectivity index (χ2v) is 4.63. The maximum Gasteiger partial charge on any atom is 0.344 e. The molecule has 0 bridgehead atoms. The van der Waals surface area contributed by atoms with E-state index in [0.717, 1.165) is 22.9 Å². The average Bonchev–Trinajstić information content (AvgIpc) is 2.31. The van der Waals surface area contributed by atoms with Crippen LogP contribution in [0.15, 0.2) is 22.7 Å². The second-order valence-electron chi connectivity index (χ2n) is 3.77. The van der Waals surface area contributed by atoms with Crippen LogP contribution in [0.1, 0.15) is 25.3 Å². The summed E-state index contributed by atoms with van der Waals surface area (Å²) < 4.78 is 11.3. The molecule has 3 nitrogen and oxygen atoms in total. The molecule has 4 heteroatoms. The van der Waals surface area contributed by atoms with Crippen molar-refractivity contribution < 1.29 is 14.3 Å². The van der Waals surface area contributed by atoms with Gasteiger partial charge in [-0.05, 0) is 31.0 Å². The van der Waals surface area contributed by atoms with Gasteiger partial charge in [0.25, 0.3) is 0 Å². The van der Waals surface area contributed by atoms with Crippen LogP contribution in [-0.4, -0.2) is 19.2 Å². The number of carbonyl (C=O) groups excluding carboxylic acids is 1. The van der Waals surface area contributed by atoms with Gasteiger partial charge < -0.3 is 9.47 Å². The van der Waals surface area contributed by atoms with E-state index in [0.29, 0.717) is 12.4 Å². The average molecular weight is 301 g/mol. The van der Waals surface area contributed by atoms with Crippen LogP contribution in [0.4, 0.5) is 0 Å². The van der Waals surface area contributed by atoms with Crippen LogP contribution in [0.5, 0.6) is 5.75 Å². The monoisotopic (exact) mass is 300 g/mol. The predicted molar refractivity (Wildman–Crippen MR) is 70.2 cm³/mol. The van der Waals surface area contributed by atoms with Gasteiger partial charge in [0.05, 0.1) is 6.61 Å². The van der Waals surface area contributed by atoms with Crippen LogP contribution in [0.2, 0.25) is 0 Å². The molecule has 1 aromatic rings. The van der Waals surface area contributed by atoms with E-state index in [1.54, 1.807) is 0 Å². The van der Waals surface area contributed by atoms with E-state index in [4.69, 9.17) is 9.47 Å². The molecule has 0 N–H and O–H groups in total. The van der Waals surface area contributed by atoms with Gasteiger partial charge in [0, 0.05) is 4.47 Å². The van der Waals surface area contributed by atoms with Gasteiger partial charge in [0.2, 0.25) is 0 Å². The molecule has 1 rings (SSSR count). The molecule has 0 saturated carbocycles. The van der Waals surface area contributed by atoms with Crippen molar-refractivity contribution in [1.29, 1.82) is 0 Å². The first-order valence-corrected chi connectivity index (χ1v) is 6.47. The number of carbonyl (C=O) groups is 1. The molecular formula is C13H17BrO3. The lowest BCUT2D eigenvalue weighted by atomic mass is 10.2. The van der Waals surface area contributed by atoms with Crippen molar-refractivity contribution in [2.24, 2.45) is 0 Å². The number of unbranched alkanes of at least 4 members (excludes halogenated alkanes) is 1. The van der Waals surface area contributed by atoms with Gasteiger partial charge in [0.15, 0.2) is 6.61 Å². The third kappa shape index (κ3) is 5.22. The van der Waals surface area contributed by atoms with Crippen LogP contribution in [0.3, 0.4) is 0 Å². The number of aryl methyl sites for hydroxylation is 1. The van der Waals surface area contributed by atoms with E-state index in [2.05, 4.69) is 15.9 Å². The molecule has 0 radical (unpaired) electrons. The van der Waals surface area contributed by atoms with E-state index in [1.165, 1.54) is 0 Å². The van der Waals surface area contributed by atoms with E-state index in [9.17, 15) is 4.79 Å². The van der Waals surface area contributed by atoms with E-state index >= 15 is 0 Å². The van der Waals surface area contributed by atoms with Gasteiger partial charge in [-0.2, -0.15) is 0 Å². The number of esters is 1. The van der Waals surface area contributed by atoms with Gasteiger partial charge in [0.1, 0.15) is 5.75 Å². The summed E-state index contributed by atoms with van der Waals surface area (Å²) in [6, 6.07) is 5.61. The highest BCUT2D eigenvalue weighted by Crippen LogP contribution is 2.22. The van der Waals surface area contributed by atoms with Gasteiger partial charge >= 0.3 is 5.97 Å². The van der Waals surface area contributed by atoms with Gasteiger partial charge in [-0.15, -0.1) is 0 Å². The summed E-state index contributed by atoms with van der Waals surface area (Å²) in [4.78, 5) is 11.3. The standard InChI is InChI=1S/C13H17BrO3/c1-3-4-7-16-13(15)9-17-11-6-5-10(2)12(14)8-11/h5-6,8H,3-4,7,9H2,1-2H3. The molecule has 0 aliphatic heterocycles. The lowest BCUT2D eigenvalue weighted by molar-refractivity contribution is -0.146. The minimum Gasteiger partial charge on any atom is -0.482 e. The van der Waals surface area contributed by atoms with E-state index < -0.39 is 0 Å². The summed E-state index contributed by atoms with van der Waals surface area (Å²) in [5.74, 6) is 0.338. The van der Waals surface area contributed by atoms with Crippen molar-refractivity contribution in [3.05, 3.63) is 28.2 Å². The number of benzene rings is 1. The molecule has 0 aromatic heterocycles. The fourth-order valence-electron chi connectivity index (χ4n) is 1.18. The molecular weight excluding hydrogens is 284 g/mol. The Bertz CT molecular complexity index is 377. The van der Waals surface area contributed by atoms with Crippen LogP contribution in [-0.2, 0) is 9.53 Å². The molecule has 17 heavy (non-hydrogen) atoms. The Morgan fingerprint density at radius 2 is 2.18 bits per heavy atom. The summed E-state index contributed by atoms with van der Waals surface area (Å²) in [7, 11) is 0. The van der Waals surface area contributed by atoms with Crippen molar-refractivity contribution in [1.82, 2.24) is 0 Å². The molecule has 0 atom stereocenters. The molecule has 0 amide bonds. The molecule has 1 aromatic carbocycles. The minimum absolute atomic E-state index is 0.0424. The Hall–Kier alpha value is -1.03. The van der Waals surface area contributed by atoms with Crippen LogP contribution in [0, 0.1) is 6.92 Å². The smallest absolute Gasteiger partial charge is 0.344 e. The lowest BCUT2D eigenvalue weighted by Gasteiger charge is -2.07. The van der Waals surface area contributed by atoms with Gasteiger partial charge in [-0.3, -0.25) is 0 Å². The molecule has 94 valence electrons. The van der Waals surface area contributed by atoms with E-state index in [1.807, 2.05) is 32.0 Å². The Kier molecular flexibility index (Phi) is 6.05. The largest absolute Gasteiger partial charge is 0.482 e. The Morgan fingerprint density at radius 1 is 1.41 bits per heavy atom. The molecule has 0 saturated heterocycles. The van der Waals surface area contributed by atoms with Gasteiger partial charge in [-0.1, -0.05) is 35.3 Å². The Morgan fingerprint density at radius 3 is 2.82 bits per heavy atom. The summed E-state index contributed by atoms with van der Waals surface area (Å²) >= 11 is 3.41. The molecule has 0 aliphatic carbocycles. The van der Waals surface area contributed by atoms with Crippen LogP contribution >= 0.6 is 15.9 Å². The van der Waals surface area contributed by atoms with Crippen molar-refractivity contribution >= 4 is 21.9 Å². The zero-order chi connectivity index (χ0) is 12.7. The SMILES string of the molecule is CCCCOC(=O)COc1ccc(C)c(Br)c1. The number of halogens is 1. The number of hydrogen-bond donors (Lipinski definition) is 0. The van der Waals surface area contributed by atoms with Crippen molar-refractivity contribution in [2.75, 3.05) is 13.2 Å². The highest BCUT2D eigenvalue weighted by atomic mass is 79.9. The topological polar surface area (TPSA) is 35.5 Å². The highest BCUT2D eigenvalue weighted by molar-refractivity contribution is 9.10. The van der Waals surface area contributed by atoms with Crippen molar-refractivity contribution in [3.63, 3.8) is 0 Å². The van der Waals surface area contributed by atoms with Crippen LogP contribution < -0.4 is 4.74 Å². The Balaban J connectivity index is 2.34. The number of ether oxygens (including phenoxy) is 2. The van der Waals surface area contributed by atoms with Crippen molar-refractivity contribution in [3.8, 4) is 5.75 Å². The molecule has 0 spiro atoms. The number of hydrogen-bond acceptors (Lipinski definition) is 3. The first-order valence-electron chi connectivity index (χ1n) is 5.68. The molecule has 0 aliphatic rings. The van der Waals surface area contributed by atoms with E-state index in [-0.39, 0.29) is 12.6 Å². The zero-order valence-corrected chi connectivity index (χ0v) is 11.7. The second kappa shape index (κ2) is 7.33. The molecule has 0 fully saturated rings. The Labute approximate surface area is 110 Å². The summed E-state index contributed by atoms with van der Waals surface area (Å²) in [6.07, 6.45) is 1.90. The summed E-state index contributed by atoms with van der Waals surface area (Å²) in [5.41, 5.74) is 1.13. The quantitative estimate of drug-likeness (QED) is 0.596.